The van der Waals surface area contributed by atoms with Crippen molar-refractivity contribution in [3.8, 4) is 0 Å². The molecule has 8 heteroatoms. The monoisotopic (exact) mass is 388 g/mol. The first-order chi connectivity index (χ1) is 13.0. The molecule has 0 saturated carbocycles. The molecule has 3 aromatic rings. The van der Waals surface area contributed by atoms with Gasteiger partial charge in [-0.25, -0.2) is 9.59 Å². The van der Waals surface area contributed by atoms with Crippen LogP contribution in [0.15, 0.2) is 39.9 Å². The number of H-pyrrole nitrogens is 1. The molecule has 0 bridgehead atoms. The van der Waals surface area contributed by atoms with E-state index in [9.17, 15) is 14.4 Å². The Labute approximate surface area is 159 Å². The van der Waals surface area contributed by atoms with Crippen molar-refractivity contribution >= 4 is 27.5 Å². The zero-order valence-electron chi connectivity index (χ0n) is 15.1. The lowest BCUT2D eigenvalue weighted by atomic mass is 10.2. The molecule has 2 aromatic heterocycles. The molecule has 0 saturated heterocycles. The number of nitrogens with zero attached hydrogens (tertiary/aromatic N) is 1. The van der Waals surface area contributed by atoms with E-state index < -0.39 is 17.2 Å². The zero-order valence-corrected chi connectivity index (χ0v) is 15.9. The van der Waals surface area contributed by atoms with Crippen LogP contribution in [0, 0.1) is 6.92 Å². The Morgan fingerprint density at radius 3 is 2.67 bits per heavy atom. The molecule has 0 aliphatic rings. The second kappa shape index (κ2) is 8.32. The highest BCUT2D eigenvalue weighted by atomic mass is 32.1. The second-order valence-corrected chi connectivity index (χ2v) is 6.93. The molecule has 0 spiro atoms. The quantitative estimate of drug-likeness (QED) is 0.496. The standard InChI is InChI=1S/C19H20N2O5S/c1-3-26-18(23)15-12(2)14-16(27-15)20-19(24)21(17(14)22)9-10-25-11-13-7-5-4-6-8-13/h4-8H,3,9-11H2,1-2H3,(H,20,24). The van der Waals surface area contributed by atoms with Gasteiger partial charge in [-0.05, 0) is 25.0 Å². The average molecular weight is 388 g/mol. The number of fused-ring (bicyclic) bond motifs is 1. The number of hydrogen-bond donors (Lipinski definition) is 1. The average Bonchev–Trinajstić information content (AvgIpc) is 2.98. The summed E-state index contributed by atoms with van der Waals surface area (Å²) >= 11 is 1.06. The summed E-state index contributed by atoms with van der Waals surface area (Å²) in [5, 5.41) is 0.339. The summed E-state index contributed by atoms with van der Waals surface area (Å²) < 4.78 is 11.7. The number of carbonyl (C=O) groups is 1. The molecule has 0 radical (unpaired) electrons. The molecule has 3 rings (SSSR count). The third-order valence-corrected chi connectivity index (χ3v) is 5.29. The molecule has 0 aliphatic heterocycles. The van der Waals surface area contributed by atoms with Crippen molar-refractivity contribution in [1.29, 1.82) is 0 Å². The lowest BCUT2D eigenvalue weighted by Gasteiger charge is -2.07. The highest BCUT2D eigenvalue weighted by Gasteiger charge is 2.20. The number of hydrogen-bond acceptors (Lipinski definition) is 6. The van der Waals surface area contributed by atoms with Crippen molar-refractivity contribution in [3.63, 3.8) is 0 Å². The van der Waals surface area contributed by atoms with Gasteiger partial charge in [0.05, 0.1) is 31.8 Å². The van der Waals surface area contributed by atoms with Gasteiger partial charge in [0.15, 0.2) is 0 Å². The highest BCUT2D eigenvalue weighted by Crippen LogP contribution is 2.26. The molecular weight excluding hydrogens is 368 g/mol. The van der Waals surface area contributed by atoms with Crippen LogP contribution in [0.25, 0.3) is 10.2 Å². The molecule has 0 aliphatic carbocycles. The van der Waals surface area contributed by atoms with Crippen molar-refractivity contribution in [3.05, 3.63) is 67.2 Å². The normalized spacial score (nSPS) is 11.0. The van der Waals surface area contributed by atoms with E-state index in [4.69, 9.17) is 9.47 Å². The van der Waals surface area contributed by atoms with Gasteiger partial charge in [0.25, 0.3) is 5.56 Å². The van der Waals surface area contributed by atoms with E-state index in [-0.39, 0.29) is 19.8 Å². The fourth-order valence-corrected chi connectivity index (χ4v) is 3.85. The summed E-state index contributed by atoms with van der Waals surface area (Å²) in [6.45, 7) is 4.39. The van der Waals surface area contributed by atoms with Crippen LogP contribution in [-0.4, -0.2) is 28.7 Å². The van der Waals surface area contributed by atoms with E-state index in [2.05, 4.69) is 4.98 Å². The van der Waals surface area contributed by atoms with Crippen LogP contribution >= 0.6 is 11.3 Å². The number of benzene rings is 1. The van der Waals surface area contributed by atoms with Gasteiger partial charge in [0, 0.05) is 0 Å². The molecule has 0 unspecified atom stereocenters. The van der Waals surface area contributed by atoms with Gasteiger partial charge in [0.1, 0.15) is 9.71 Å². The number of rotatable bonds is 7. The maximum Gasteiger partial charge on any atom is 0.348 e. The van der Waals surface area contributed by atoms with Crippen LogP contribution in [-0.2, 0) is 22.6 Å². The van der Waals surface area contributed by atoms with Gasteiger partial charge in [-0.2, -0.15) is 0 Å². The molecule has 27 heavy (non-hydrogen) atoms. The third kappa shape index (κ3) is 4.01. The van der Waals surface area contributed by atoms with Crippen molar-refractivity contribution in [2.45, 2.75) is 27.0 Å². The van der Waals surface area contributed by atoms with E-state index in [0.29, 0.717) is 27.3 Å². The van der Waals surface area contributed by atoms with Gasteiger partial charge >= 0.3 is 11.7 Å². The predicted molar refractivity (Wildman–Crippen MR) is 103 cm³/mol. The van der Waals surface area contributed by atoms with Crippen LogP contribution in [0.3, 0.4) is 0 Å². The number of ether oxygens (including phenoxy) is 2. The molecule has 2 heterocycles. The van der Waals surface area contributed by atoms with Crippen molar-refractivity contribution < 1.29 is 14.3 Å². The number of nitrogens with one attached hydrogen (secondary N) is 1. The van der Waals surface area contributed by atoms with E-state index in [1.165, 1.54) is 0 Å². The van der Waals surface area contributed by atoms with Gasteiger partial charge in [-0.1, -0.05) is 30.3 Å². The Bertz CT molecular complexity index is 1070. The van der Waals surface area contributed by atoms with Gasteiger partial charge < -0.3 is 9.47 Å². The minimum atomic E-state index is -0.521. The lowest BCUT2D eigenvalue weighted by molar-refractivity contribution is 0.0531. The second-order valence-electron chi connectivity index (χ2n) is 5.91. The van der Waals surface area contributed by atoms with E-state index in [1.54, 1.807) is 13.8 Å². The van der Waals surface area contributed by atoms with Crippen molar-refractivity contribution in [2.75, 3.05) is 13.2 Å². The molecule has 142 valence electrons. The number of aryl methyl sites for hydroxylation is 1. The lowest BCUT2D eigenvalue weighted by Crippen LogP contribution is -2.36. The highest BCUT2D eigenvalue weighted by molar-refractivity contribution is 7.20. The minimum Gasteiger partial charge on any atom is -0.462 e. The summed E-state index contributed by atoms with van der Waals surface area (Å²) in [5.41, 5.74) is 0.587. The zero-order chi connectivity index (χ0) is 19.4. The van der Waals surface area contributed by atoms with Gasteiger partial charge in [0.2, 0.25) is 0 Å². The largest absolute Gasteiger partial charge is 0.462 e. The minimum absolute atomic E-state index is 0.126. The van der Waals surface area contributed by atoms with E-state index in [0.717, 1.165) is 21.5 Å². The summed E-state index contributed by atoms with van der Waals surface area (Å²) in [7, 11) is 0. The first-order valence-corrected chi connectivity index (χ1v) is 9.39. The Balaban J connectivity index is 1.81. The van der Waals surface area contributed by atoms with Crippen LogP contribution in [0.5, 0.6) is 0 Å². The fourth-order valence-electron chi connectivity index (χ4n) is 2.77. The van der Waals surface area contributed by atoms with Crippen molar-refractivity contribution in [2.24, 2.45) is 0 Å². The number of esters is 1. The van der Waals surface area contributed by atoms with E-state index >= 15 is 0 Å². The summed E-state index contributed by atoms with van der Waals surface area (Å²) in [4.78, 5) is 40.5. The smallest absolute Gasteiger partial charge is 0.348 e. The molecule has 7 nitrogen and oxygen atoms in total. The first kappa shape index (κ1) is 19.1. The maximum atomic E-state index is 12.8. The molecule has 1 N–H and O–H groups in total. The molecule has 0 fully saturated rings. The van der Waals surface area contributed by atoms with Crippen molar-refractivity contribution in [1.82, 2.24) is 9.55 Å². The molecule has 0 amide bonds. The van der Waals surface area contributed by atoms with Crippen LogP contribution in [0.4, 0.5) is 0 Å². The maximum absolute atomic E-state index is 12.8. The fraction of sp³-hybridized carbons (Fsp3) is 0.316. The Morgan fingerprint density at radius 2 is 1.96 bits per heavy atom. The molecular formula is C19H20N2O5S. The number of thiophene rings is 1. The van der Waals surface area contributed by atoms with Gasteiger partial charge in [-0.3, -0.25) is 14.3 Å². The third-order valence-electron chi connectivity index (χ3n) is 4.10. The van der Waals surface area contributed by atoms with E-state index in [1.807, 2.05) is 30.3 Å². The predicted octanol–water partition coefficient (Wildman–Crippen LogP) is 2.45. The Morgan fingerprint density at radius 1 is 1.22 bits per heavy atom. The molecule has 1 aromatic carbocycles. The van der Waals surface area contributed by atoms with Crippen LogP contribution in [0.2, 0.25) is 0 Å². The number of aromatic nitrogens is 2. The molecule has 0 atom stereocenters. The summed E-state index contributed by atoms with van der Waals surface area (Å²) in [6, 6.07) is 9.64. The Kier molecular flexibility index (Phi) is 5.88. The number of carbonyl (C=O) groups excluding carboxylic acids is 1. The summed E-state index contributed by atoms with van der Waals surface area (Å²) in [5.74, 6) is -0.491. The SMILES string of the molecule is CCOC(=O)c1sc2[nH]c(=O)n(CCOCc3ccccc3)c(=O)c2c1C. The van der Waals surface area contributed by atoms with Gasteiger partial charge in [-0.15, -0.1) is 11.3 Å². The topological polar surface area (TPSA) is 90.4 Å². The number of aromatic amines is 1. The summed E-state index contributed by atoms with van der Waals surface area (Å²) in [6.07, 6.45) is 0. The first-order valence-electron chi connectivity index (χ1n) is 8.58. The van der Waals surface area contributed by atoms with Crippen LogP contribution < -0.4 is 11.2 Å². The van der Waals surface area contributed by atoms with Crippen LogP contribution in [0.1, 0.15) is 27.7 Å². The Hall–Kier alpha value is -2.71.